The van der Waals surface area contributed by atoms with E-state index in [9.17, 15) is 0 Å². The van der Waals surface area contributed by atoms with Gasteiger partial charge in [0.25, 0.3) is 0 Å². The Balaban J connectivity index is 1.79. The molecule has 5 heteroatoms. The first-order valence-corrected chi connectivity index (χ1v) is 8.26. The summed E-state index contributed by atoms with van der Waals surface area (Å²) in [5, 5.41) is 4.55. The molecule has 5 nitrogen and oxygen atoms in total. The van der Waals surface area contributed by atoms with E-state index in [2.05, 4.69) is 51.5 Å². The predicted octanol–water partition coefficient (Wildman–Crippen LogP) is 3.79. The minimum Gasteiger partial charge on any atom is -0.313 e. The van der Waals surface area contributed by atoms with Crippen molar-refractivity contribution in [2.24, 2.45) is 0 Å². The lowest BCUT2D eigenvalue weighted by Gasteiger charge is -2.19. The van der Waals surface area contributed by atoms with Gasteiger partial charge in [-0.15, -0.1) is 0 Å². The van der Waals surface area contributed by atoms with Crippen LogP contribution in [0.25, 0.3) is 5.65 Å². The molecule has 124 valence electrons. The SMILES string of the molecule is Cc1nc(N(C)c2ccccc2)n2ncc(Cc3ccccc3)c2n1. The third-order valence-corrected chi connectivity index (χ3v) is 4.22. The highest BCUT2D eigenvalue weighted by molar-refractivity contribution is 5.60. The van der Waals surface area contributed by atoms with Gasteiger partial charge in [0.1, 0.15) is 5.82 Å². The van der Waals surface area contributed by atoms with Gasteiger partial charge in [0.05, 0.1) is 6.20 Å². The van der Waals surface area contributed by atoms with Crippen molar-refractivity contribution in [2.45, 2.75) is 13.3 Å². The number of anilines is 2. The summed E-state index contributed by atoms with van der Waals surface area (Å²) in [6, 6.07) is 20.5. The summed E-state index contributed by atoms with van der Waals surface area (Å²) in [6.45, 7) is 1.92. The summed E-state index contributed by atoms with van der Waals surface area (Å²) in [5.41, 5.74) is 4.25. The minimum absolute atomic E-state index is 0.736. The Morgan fingerprint density at radius 2 is 1.60 bits per heavy atom. The molecule has 0 aliphatic heterocycles. The average molecular weight is 329 g/mol. The van der Waals surface area contributed by atoms with Gasteiger partial charge in [-0.1, -0.05) is 48.5 Å². The van der Waals surface area contributed by atoms with Crippen LogP contribution in [0.4, 0.5) is 11.6 Å². The largest absolute Gasteiger partial charge is 0.313 e. The first-order chi connectivity index (χ1) is 12.2. The van der Waals surface area contributed by atoms with Crippen LogP contribution in [0.1, 0.15) is 17.0 Å². The predicted molar refractivity (Wildman–Crippen MR) is 99.3 cm³/mol. The minimum atomic E-state index is 0.736. The molecule has 2 aromatic heterocycles. The van der Waals surface area contributed by atoms with Crippen LogP contribution in [0.15, 0.2) is 66.9 Å². The van der Waals surface area contributed by atoms with E-state index >= 15 is 0 Å². The Kier molecular flexibility index (Phi) is 3.90. The summed E-state index contributed by atoms with van der Waals surface area (Å²) in [6.07, 6.45) is 2.69. The van der Waals surface area contributed by atoms with E-state index < -0.39 is 0 Å². The zero-order chi connectivity index (χ0) is 17.2. The second-order valence-corrected chi connectivity index (χ2v) is 6.03. The quantitative estimate of drug-likeness (QED) is 0.571. The van der Waals surface area contributed by atoms with E-state index in [1.54, 1.807) is 0 Å². The van der Waals surface area contributed by atoms with Crippen molar-refractivity contribution < 1.29 is 0 Å². The van der Waals surface area contributed by atoms with Crippen LogP contribution < -0.4 is 4.90 Å². The molecule has 2 heterocycles. The lowest BCUT2D eigenvalue weighted by Crippen LogP contribution is -2.17. The number of aromatic nitrogens is 4. The van der Waals surface area contributed by atoms with Gasteiger partial charge < -0.3 is 4.90 Å². The molecule has 0 fully saturated rings. The smallest absolute Gasteiger partial charge is 0.234 e. The normalized spacial score (nSPS) is 11.0. The van der Waals surface area contributed by atoms with Gasteiger partial charge in [0.15, 0.2) is 5.65 Å². The summed E-state index contributed by atoms with van der Waals surface area (Å²) >= 11 is 0. The number of nitrogens with zero attached hydrogens (tertiary/aromatic N) is 5. The third kappa shape index (κ3) is 2.96. The topological polar surface area (TPSA) is 46.3 Å². The number of hydrogen-bond donors (Lipinski definition) is 0. The van der Waals surface area contributed by atoms with Crippen molar-refractivity contribution in [1.82, 2.24) is 19.6 Å². The maximum Gasteiger partial charge on any atom is 0.234 e. The van der Waals surface area contributed by atoms with Crippen LogP contribution in [0.5, 0.6) is 0 Å². The maximum atomic E-state index is 4.63. The van der Waals surface area contributed by atoms with Crippen LogP contribution in [-0.2, 0) is 6.42 Å². The Hall–Kier alpha value is -3.21. The second-order valence-electron chi connectivity index (χ2n) is 6.03. The number of aryl methyl sites for hydroxylation is 1. The van der Waals surface area contributed by atoms with Crippen molar-refractivity contribution >= 4 is 17.3 Å². The van der Waals surface area contributed by atoms with Crippen molar-refractivity contribution in [1.29, 1.82) is 0 Å². The molecule has 0 saturated carbocycles. The van der Waals surface area contributed by atoms with Gasteiger partial charge in [-0.05, 0) is 24.6 Å². The van der Waals surface area contributed by atoms with E-state index in [0.717, 1.165) is 35.1 Å². The van der Waals surface area contributed by atoms with Crippen molar-refractivity contribution in [3.05, 3.63) is 83.8 Å². The average Bonchev–Trinajstić information content (AvgIpc) is 3.04. The van der Waals surface area contributed by atoms with E-state index in [-0.39, 0.29) is 0 Å². The Morgan fingerprint density at radius 1 is 0.920 bits per heavy atom. The number of benzene rings is 2. The highest BCUT2D eigenvalue weighted by atomic mass is 15.4. The highest BCUT2D eigenvalue weighted by Gasteiger charge is 2.15. The van der Waals surface area contributed by atoms with Crippen LogP contribution in [0.2, 0.25) is 0 Å². The molecule has 0 aliphatic carbocycles. The summed E-state index contributed by atoms with van der Waals surface area (Å²) in [7, 11) is 2.00. The van der Waals surface area contributed by atoms with Crippen molar-refractivity contribution in [3.8, 4) is 0 Å². The molecule has 0 N–H and O–H groups in total. The Bertz CT molecular complexity index is 993. The highest BCUT2D eigenvalue weighted by Crippen LogP contribution is 2.23. The lowest BCUT2D eigenvalue weighted by atomic mass is 10.1. The van der Waals surface area contributed by atoms with E-state index in [0.29, 0.717) is 0 Å². The fourth-order valence-electron chi connectivity index (χ4n) is 2.94. The Labute approximate surface area is 146 Å². The molecule has 0 amide bonds. The summed E-state index contributed by atoms with van der Waals surface area (Å²) in [5.74, 6) is 1.49. The molecule has 0 unspecified atom stereocenters. The fourth-order valence-corrected chi connectivity index (χ4v) is 2.94. The maximum absolute atomic E-state index is 4.63. The van der Waals surface area contributed by atoms with Gasteiger partial charge in [0.2, 0.25) is 5.95 Å². The molecule has 0 aliphatic rings. The molecule has 0 bridgehead atoms. The third-order valence-electron chi connectivity index (χ3n) is 4.22. The fraction of sp³-hybridized carbons (Fsp3) is 0.150. The molecule has 4 rings (SSSR count). The molecule has 0 spiro atoms. The zero-order valence-corrected chi connectivity index (χ0v) is 14.3. The standard InChI is InChI=1S/C20H19N5/c1-15-22-19-17(13-16-9-5-3-6-10-16)14-21-25(19)20(23-15)24(2)18-11-7-4-8-12-18/h3-12,14H,13H2,1-2H3. The van der Waals surface area contributed by atoms with Crippen LogP contribution in [0.3, 0.4) is 0 Å². The molecule has 25 heavy (non-hydrogen) atoms. The number of hydrogen-bond acceptors (Lipinski definition) is 4. The number of rotatable bonds is 4. The molecule has 4 aromatic rings. The van der Waals surface area contributed by atoms with Gasteiger partial charge >= 0.3 is 0 Å². The first kappa shape index (κ1) is 15.3. The van der Waals surface area contributed by atoms with E-state index in [1.807, 2.05) is 53.8 Å². The summed E-state index contributed by atoms with van der Waals surface area (Å²) < 4.78 is 1.82. The molecular weight excluding hydrogens is 310 g/mol. The van der Waals surface area contributed by atoms with Crippen LogP contribution in [-0.4, -0.2) is 26.6 Å². The Morgan fingerprint density at radius 3 is 2.32 bits per heavy atom. The molecule has 2 aromatic carbocycles. The van der Waals surface area contributed by atoms with Crippen molar-refractivity contribution in [2.75, 3.05) is 11.9 Å². The molecular formula is C20H19N5. The zero-order valence-electron chi connectivity index (χ0n) is 14.3. The van der Waals surface area contributed by atoms with E-state index in [4.69, 9.17) is 0 Å². The molecule has 0 saturated heterocycles. The van der Waals surface area contributed by atoms with Gasteiger partial charge in [-0.25, -0.2) is 4.98 Å². The van der Waals surface area contributed by atoms with Gasteiger partial charge in [-0.3, -0.25) is 0 Å². The monoisotopic (exact) mass is 329 g/mol. The lowest BCUT2D eigenvalue weighted by molar-refractivity contribution is 0.845. The van der Waals surface area contributed by atoms with Crippen LogP contribution >= 0.6 is 0 Å². The van der Waals surface area contributed by atoms with Gasteiger partial charge in [0, 0.05) is 24.7 Å². The van der Waals surface area contributed by atoms with E-state index in [1.165, 1.54) is 5.56 Å². The number of fused-ring (bicyclic) bond motifs is 1. The van der Waals surface area contributed by atoms with Gasteiger partial charge in [-0.2, -0.15) is 14.6 Å². The van der Waals surface area contributed by atoms with Crippen molar-refractivity contribution in [3.63, 3.8) is 0 Å². The van der Waals surface area contributed by atoms with Crippen LogP contribution in [0, 0.1) is 6.92 Å². The molecule has 0 radical (unpaired) electrons. The number of para-hydroxylation sites is 1. The summed E-state index contributed by atoms with van der Waals surface area (Å²) in [4.78, 5) is 11.3. The molecule has 0 atom stereocenters. The first-order valence-electron chi connectivity index (χ1n) is 8.26. The second kappa shape index (κ2) is 6.36.